The summed E-state index contributed by atoms with van der Waals surface area (Å²) in [6.45, 7) is 6.71. The maximum atomic E-state index is 5.80. The van der Waals surface area contributed by atoms with E-state index < -0.39 is 0 Å². The second-order valence-electron chi connectivity index (χ2n) is 4.40. The fourth-order valence-corrected chi connectivity index (χ4v) is 2.50. The third-order valence-corrected chi connectivity index (χ3v) is 3.44. The lowest BCUT2D eigenvalue weighted by atomic mass is 10.1. The molecule has 0 fully saturated rings. The second-order valence-corrected chi connectivity index (χ2v) is 4.40. The quantitative estimate of drug-likeness (QED) is 0.767. The standard InChI is InChI=1S/C13H20N2/c1-3-13(4-2)15-8-10-5-6-12(14)7-11(10)9-15/h5-7,13H,3-4,8-9,14H2,1-2H3. The van der Waals surface area contributed by atoms with Crippen molar-refractivity contribution >= 4 is 5.69 Å². The van der Waals surface area contributed by atoms with Crippen LogP contribution in [0.4, 0.5) is 5.69 Å². The zero-order valence-corrected chi connectivity index (χ0v) is 9.66. The summed E-state index contributed by atoms with van der Waals surface area (Å²) in [6.07, 6.45) is 2.47. The normalized spacial score (nSPS) is 15.9. The number of hydrogen-bond acceptors (Lipinski definition) is 2. The Bertz CT molecular complexity index is 342. The molecule has 1 heterocycles. The maximum Gasteiger partial charge on any atom is 0.0317 e. The van der Waals surface area contributed by atoms with Gasteiger partial charge < -0.3 is 5.73 Å². The molecule has 0 aliphatic carbocycles. The number of nitrogens with two attached hydrogens (primary N) is 1. The number of fused-ring (bicyclic) bond motifs is 1. The van der Waals surface area contributed by atoms with Crippen LogP contribution in [-0.4, -0.2) is 10.9 Å². The fourth-order valence-electron chi connectivity index (χ4n) is 2.50. The predicted molar refractivity (Wildman–Crippen MR) is 64.5 cm³/mol. The molecule has 2 nitrogen and oxygen atoms in total. The van der Waals surface area contributed by atoms with Crippen LogP contribution < -0.4 is 5.73 Å². The third kappa shape index (κ3) is 2.00. The molecule has 1 aromatic rings. The molecule has 2 N–H and O–H groups in total. The van der Waals surface area contributed by atoms with E-state index >= 15 is 0 Å². The number of benzene rings is 1. The van der Waals surface area contributed by atoms with Crippen LogP contribution in [0.2, 0.25) is 0 Å². The molecule has 1 aliphatic heterocycles. The van der Waals surface area contributed by atoms with Crippen molar-refractivity contribution in [3.63, 3.8) is 0 Å². The molecule has 0 saturated heterocycles. The van der Waals surface area contributed by atoms with E-state index in [9.17, 15) is 0 Å². The smallest absolute Gasteiger partial charge is 0.0317 e. The van der Waals surface area contributed by atoms with Crippen molar-refractivity contribution in [3.05, 3.63) is 29.3 Å². The molecular formula is C13H20N2. The van der Waals surface area contributed by atoms with Crippen LogP contribution in [0.15, 0.2) is 18.2 Å². The molecule has 0 bridgehead atoms. The van der Waals surface area contributed by atoms with Gasteiger partial charge in [-0.3, -0.25) is 4.90 Å². The molecule has 1 aliphatic rings. The van der Waals surface area contributed by atoms with Crippen molar-refractivity contribution < 1.29 is 0 Å². The number of rotatable bonds is 3. The number of nitrogens with zero attached hydrogens (tertiary/aromatic N) is 1. The first kappa shape index (κ1) is 10.5. The monoisotopic (exact) mass is 204 g/mol. The van der Waals surface area contributed by atoms with Gasteiger partial charge in [0.1, 0.15) is 0 Å². The first-order valence-corrected chi connectivity index (χ1v) is 5.86. The molecular weight excluding hydrogens is 184 g/mol. The van der Waals surface area contributed by atoms with Gasteiger partial charge in [-0.25, -0.2) is 0 Å². The van der Waals surface area contributed by atoms with Crippen molar-refractivity contribution in [1.29, 1.82) is 0 Å². The minimum Gasteiger partial charge on any atom is -0.399 e. The first-order chi connectivity index (χ1) is 7.24. The molecule has 0 radical (unpaired) electrons. The van der Waals surface area contributed by atoms with Gasteiger partial charge in [0, 0.05) is 24.8 Å². The van der Waals surface area contributed by atoms with Crippen molar-refractivity contribution in [2.75, 3.05) is 5.73 Å². The van der Waals surface area contributed by atoms with Gasteiger partial charge >= 0.3 is 0 Å². The summed E-state index contributed by atoms with van der Waals surface area (Å²) >= 11 is 0. The summed E-state index contributed by atoms with van der Waals surface area (Å²) in [7, 11) is 0. The molecule has 2 heteroatoms. The lowest BCUT2D eigenvalue weighted by molar-refractivity contribution is 0.188. The van der Waals surface area contributed by atoms with Crippen LogP contribution >= 0.6 is 0 Å². The van der Waals surface area contributed by atoms with Gasteiger partial charge in [0.15, 0.2) is 0 Å². The van der Waals surface area contributed by atoms with E-state index in [1.165, 1.54) is 24.0 Å². The fraction of sp³-hybridized carbons (Fsp3) is 0.538. The van der Waals surface area contributed by atoms with E-state index in [2.05, 4.69) is 30.9 Å². The Hall–Kier alpha value is -1.02. The van der Waals surface area contributed by atoms with E-state index in [1.54, 1.807) is 0 Å². The Morgan fingerprint density at radius 1 is 1.20 bits per heavy atom. The SMILES string of the molecule is CCC(CC)N1Cc2ccc(N)cc2C1. The Balaban J connectivity index is 2.15. The van der Waals surface area contributed by atoms with Crippen LogP contribution in [0.5, 0.6) is 0 Å². The van der Waals surface area contributed by atoms with E-state index in [1.807, 2.05) is 6.07 Å². The number of hydrogen-bond donors (Lipinski definition) is 1. The second kappa shape index (κ2) is 4.23. The minimum atomic E-state index is 0.721. The Labute approximate surface area is 92.1 Å². The topological polar surface area (TPSA) is 29.3 Å². The minimum absolute atomic E-state index is 0.721. The maximum absolute atomic E-state index is 5.80. The lowest BCUT2D eigenvalue weighted by Crippen LogP contribution is -2.29. The summed E-state index contributed by atoms with van der Waals surface area (Å²) in [5.41, 5.74) is 9.56. The number of nitrogen functional groups attached to an aromatic ring is 1. The summed E-state index contributed by atoms with van der Waals surface area (Å²) in [5, 5.41) is 0. The molecule has 0 aromatic heterocycles. The highest BCUT2D eigenvalue weighted by molar-refractivity contribution is 5.46. The largest absolute Gasteiger partial charge is 0.399 e. The molecule has 82 valence electrons. The lowest BCUT2D eigenvalue weighted by Gasteiger charge is -2.24. The number of anilines is 1. The van der Waals surface area contributed by atoms with Crippen molar-refractivity contribution in [2.24, 2.45) is 0 Å². The Kier molecular flexibility index (Phi) is 2.96. The highest BCUT2D eigenvalue weighted by Gasteiger charge is 2.23. The van der Waals surface area contributed by atoms with Gasteiger partial charge in [-0.15, -0.1) is 0 Å². The predicted octanol–water partition coefficient (Wildman–Crippen LogP) is 2.77. The van der Waals surface area contributed by atoms with Crippen molar-refractivity contribution in [1.82, 2.24) is 4.90 Å². The Morgan fingerprint density at radius 2 is 1.87 bits per heavy atom. The average Bonchev–Trinajstić information content (AvgIpc) is 2.62. The van der Waals surface area contributed by atoms with E-state index in [0.717, 1.165) is 24.8 Å². The summed E-state index contributed by atoms with van der Waals surface area (Å²) in [4.78, 5) is 2.56. The van der Waals surface area contributed by atoms with Crippen molar-refractivity contribution in [2.45, 2.75) is 45.8 Å². The first-order valence-electron chi connectivity index (χ1n) is 5.86. The molecule has 0 atom stereocenters. The molecule has 0 unspecified atom stereocenters. The summed E-state index contributed by atoms with van der Waals surface area (Å²) in [5.74, 6) is 0. The molecule has 0 amide bonds. The van der Waals surface area contributed by atoms with Gasteiger partial charge in [0.05, 0.1) is 0 Å². The van der Waals surface area contributed by atoms with Gasteiger partial charge in [-0.2, -0.15) is 0 Å². The van der Waals surface area contributed by atoms with Crippen LogP contribution in [0.3, 0.4) is 0 Å². The van der Waals surface area contributed by atoms with E-state index in [-0.39, 0.29) is 0 Å². The van der Waals surface area contributed by atoms with E-state index in [4.69, 9.17) is 5.73 Å². The Morgan fingerprint density at radius 3 is 2.53 bits per heavy atom. The van der Waals surface area contributed by atoms with E-state index in [0.29, 0.717) is 0 Å². The van der Waals surface area contributed by atoms with Crippen LogP contribution in [-0.2, 0) is 13.1 Å². The highest BCUT2D eigenvalue weighted by atomic mass is 15.2. The molecule has 15 heavy (non-hydrogen) atoms. The van der Waals surface area contributed by atoms with Crippen LogP contribution in [0, 0.1) is 0 Å². The van der Waals surface area contributed by atoms with Gasteiger partial charge in [0.2, 0.25) is 0 Å². The van der Waals surface area contributed by atoms with Gasteiger partial charge in [-0.05, 0) is 36.1 Å². The highest BCUT2D eigenvalue weighted by Crippen LogP contribution is 2.27. The zero-order valence-electron chi connectivity index (χ0n) is 9.66. The van der Waals surface area contributed by atoms with Crippen LogP contribution in [0.25, 0.3) is 0 Å². The van der Waals surface area contributed by atoms with Crippen molar-refractivity contribution in [3.8, 4) is 0 Å². The van der Waals surface area contributed by atoms with Gasteiger partial charge in [0.25, 0.3) is 0 Å². The molecule has 1 aromatic carbocycles. The third-order valence-electron chi connectivity index (χ3n) is 3.44. The average molecular weight is 204 g/mol. The molecule has 0 spiro atoms. The molecule has 2 rings (SSSR count). The summed E-state index contributed by atoms with van der Waals surface area (Å²) in [6, 6.07) is 7.03. The van der Waals surface area contributed by atoms with Gasteiger partial charge in [-0.1, -0.05) is 19.9 Å². The molecule has 0 saturated carbocycles. The zero-order chi connectivity index (χ0) is 10.8. The van der Waals surface area contributed by atoms with Crippen LogP contribution in [0.1, 0.15) is 37.8 Å². The summed E-state index contributed by atoms with van der Waals surface area (Å²) < 4.78 is 0.